The lowest BCUT2D eigenvalue weighted by Gasteiger charge is -2.15. The van der Waals surface area contributed by atoms with E-state index >= 15 is 0 Å². The van der Waals surface area contributed by atoms with E-state index in [1.165, 1.54) is 12.8 Å². The predicted molar refractivity (Wildman–Crippen MR) is 92.5 cm³/mol. The van der Waals surface area contributed by atoms with Crippen LogP contribution in [0, 0.1) is 17.8 Å². The Morgan fingerprint density at radius 3 is 2.61 bits per heavy atom. The van der Waals surface area contributed by atoms with Gasteiger partial charge in [-0.3, -0.25) is 9.48 Å². The lowest BCUT2D eigenvalue weighted by Crippen LogP contribution is -2.27. The molecule has 0 radical (unpaired) electrons. The number of hydrogen-bond acceptors (Lipinski definition) is 2. The van der Waals surface area contributed by atoms with Gasteiger partial charge in [0.1, 0.15) is 0 Å². The molecular weight excluding hydrogens is 378 g/mol. The molecule has 6 heteroatoms. The summed E-state index contributed by atoms with van der Waals surface area (Å²) in [6, 6.07) is 7.53. The summed E-state index contributed by atoms with van der Waals surface area (Å²) in [4.78, 5) is 12.1. The summed E-state index contributed by atoms with van der Waals surface area (Å²) in [5.41, 5.74) is 0.666. The Balaban J connectivity index is 1.27. The van der Waals surface area contributed by atoms with Gasteiger partial charge in [-0.2, -0.15) is 5.10 Å². The minimum Gasteiger partial charge on any atom is -0.352 e. The fourth-order valence-electron chi connectivity index (χ4n) is 3.90. The highest BCUT2D eigenvalue weighted by atomic mass is 79.9. The van der Waals surface area contributed by atoms with Crippen molar-refractivity contribution in [2.24, 2.45) is 17.8 Å². The Morgan fingerprint density at radius 2 is 2.00 bits per heavy atom. The molecule has 1 amide bonds. The fraction of sp³-hybridized carbons (Fsp3) is 0.412. The van der Waals surface area contributed by atoms with E-state index in [0.717, 1.165) is 22.9 Å². The first kappa shape index (κ1) is 15.2. The van der Waals surface area contributed by atoms with Crippen molar-refractivity contribution in [2.75, 3.05) is 6.54 Å². The largest absolute Gasteiger partial charge is 0.352 e. The zero-order valence-electron chi connectivity index (χ0n) is 12.5. The number of fused-ring (bicyclic) bond motifs is 1. The monoisotopic (exact) mass is 393 g/mol. The number of hydrogen-bond donors (Lipinski definition) is 1. The van der Waals surface area contributed by atoms with Crippen LogP contribution in [0.5, 0.6) is 0 Å². The quantitative estimate of drug-likeness (QED) is 0.854. The standard InChI is InChI=1S/C17H17BrClN3O/c18-11-7-21-22(9-11)13-5-14-15(6-13)16(14)8-20-17(23)10-1-3-12(19)4-2-10/h1-4,7,9,13-16H,5-6,8H2,(H,20,23)/t13-,14-,15+,16+. The van der Waals surface area contributed by atoms with Crippen LogP contribution in [0.25, 0.3) is 0 Å². The first-order valence-corrected chi connectivity index (χ1v) is 9.02. The van der Waals surface area contributed by atoms with E-state index in [0.29, 0.717) is 22.5 Å². The highest BCUT2D eigenvalue weighted by molar-refractivity contribution is 9.10. The Morgan fingerprint density at radius 1 is 1.30 bits per heavy atom. The smallest absolute Gasteiger partial charge is 0.251 e. The molecule has 2 aliphatic rings. The van der Waals surface area contributed by atoms with E-state index in [2.05, 4.69) is 31.0 Å². The maximum atomic E-state index is 12.1. The van der Waals surface area contributed by atoms with E-state index in [1.54, 1.807) is 24.3 Å². The Labute approximate surface area is 148 Å². The van der Waals surface area contributed by atoms with E-state index < -0.39 is 0 Å². The average molecular weight is 395 g/mol. The SMILES string of the molecule is O=C(NC[C@@H]1[C@H]2C[C@H](n3cc(Br)cn3)C[C@@H]12)c1ccc(Cl)cc1. The van der Waals surface area contributed by atoms with Crippen LogP contribution in [0.15, 0.2) is 41.1 Å². The minimum atomic E-state index is -0.0146. The average Bonchev–Trinajstić information content (AvgIpc) is 2.92. The zero-order valence-corrected chi connectivity index (χ0v) is 14.8. The molecule has 0 aliphatic heterocycles. The third-order valence-electron chi connectivity index (χ3n) is 5.15. The van der Waals surface area contributed by atoms with E-state index in [4.69, 9.17) is 11.6 Å². The molecular formula is C17H17BrClN3O. The second kappa shape index (κ2) is 5.95. The second-order valence-corrected chi connectivity index (χ2v) is 7.82. The number of nitrogens with one attached hydrogen (secondary N) is 1. The summed E-state index contributed by atoms with van der Waals surface area (Å²) >= 11 is 9.29. The molecule has 4 atom stereocenters. The van der Waals surface area contributed by atoms with Crippen LogP contribution in [0.4, 0.5) is 0 Å². The summed E-state index contributed by atoms with van der Waals surface area (Å²) in [6.07, 6.45) is 6.22. The van der Waals surface area contributed by atoms with Gasteiger partial charge in [-0.25, -0.2) is 0 Å². The van der Waals surface area contributed by atoms with Gasteiger partial charge in [-0.05, 0) is 70.8 Å². The number of aromatic nitrogens is 2. The Kier molecular flexibility index (Phi) is 3.93. The zero-order chi connectivity index (χ0) is 16.0. The predicted octanol–water partition coefficient (Wildman–Crippen LogP) is 3.93. The molecule has 1 N–H and O–H groups in total. The summed E-state index contributed by atoms with van der Waals surface area (Å²) < 4.78 is 3.10. The van der Waals surface area contributed by atoms with Crippen molar-refractivity contribution in [1.29, 1.82) is 0 Å². The molecule has 1 aromatic carbocycles. The van der Waals surface area contributed by atoms with Gasteiger partial charge in [0.2, 0.25) is 0 Å². The normalized spacial score (nSPS) is 28.4. The van der Waals surface area contributed by atoms with Crippen molar-refractivity contribution < 1.29 is 4.79 Å². The molecule has 120 valence electrons. The Hall–Kier alpha value is -1.33. The minimum absolute atomic E-state index is 0.0146. The third kappa shape index (κ3) is 3.04. The van der Waals surface area contributed by atoms with Gasteiger partial charge < -0.3 is 5.32 Å². The van der Waals surface area contributed by atoms with Gasteiger partial charge in [0, 0.05) is 23.3 Å². The van der Waals surface area contributed by atoms with Gasteiger partial charge >= 0.3 is 0 Å². The van der Waals surface area contributed by atoms with Crippen LogP contribution < -0.4 is 5.32 Å². The lowest BCUT2D eigenvalue weighted by molar-refractivity contribution is 0.0950. The number of carbonyl (C=O) groups is 1. The number of amides is 1. The molecule has 2 fully saturated rings. The maximum Gasteiger partial charge on any atom is 0.251 e. The highest BCUT2D eigenvalue weighted by Gasteiger charge is 2.56. The highest BCUT2D eigenvalue weighted by Crippen LogP contribution is 2.60. The van der Waals surface area contributed by atoms with Crippen LogP contribution in [0.1, 0.15) is 29.2 Å². The second-order valence-electron chi connectivity index (χ2n) is 6.47. The van der Waals surface area contributed by atoms with Crippen LogP contribution in [-0.2, 0) is 0 Å². The molecule has 0 saturated heterocycles. The molecule has 1 heterocycles. The summed E-state index contributed by atoms with van der Waals surface area (Å²) in [5, 5.41) is 8.09. The lowest BCUT2D eigenvalue weighted by atomic mass is 10.1. The molecule has 4 nitrogen and oxygen atoms in total. The van der Waals surface area contributed by atoms with Crippen LogP contribution in [-0.4, -0.2) is 22.2 Å². The van der Waals surface area contributed by atoms with Crippen LogP contribution >= 0.6 is 27.5 Å². The van der Waals surface area contributed by atoms with E-state index in [9.17, 15) is 4.79 Å². The molecule has 0 unspecified atom stereocenters. The third-order valence-corrected chi connectivity index (χ3v) is 5.81. The Bertz CT molecular complexity index is 718. The first-order chi connectivity index (χ1) is 11.1. The fourth-order valence-corrected chi connectivity index (χ4v) is 4.32. The van der Waals surface area contributed by atoms with Gasteiger partial charge in [-0.15, -0.1) is 0 Å². The van der Waals surface area contributed by atoms with Crippen molar-refractivity contribution in [2.45, 2.75) is 18.9 Å². The summed E-state index contributed by atoms with van der Waals surface area (Å²) in [5.74, 6) is 2.07. The molecule has 4 rings (SSSR count). The van der Waals surface area contributed by atoms with Crippen molar-refractivity contribution in [3.8, 4) is 0 Å². The van der Waals surface area contributed by atoms with Gasteiger partial charge in [0.05, 0.1) is 16.7 Å². The van der Waals surface area contributed by atoms with Crippen molar-refractivity contribution in [1.82, 2.24) is 15.1 Å². The van der Waals surface area contributed by atoms with Gasteiger partial charge in [-0.1, -0.05) is 11.6 Å². The van der Waals surface area contributed by atoms with Gasteiger partial charge in [0.25, 0.3) is 5.91 Å². The number of rotatable bonds is 4. The topological polar surface area (TPSA) is 46.9 Å². The molecule has 0 spiro atoms. The molecule has 2 saturated carbocycles. The molecule has 2 aromatic rings. The van der Waals surface area contributed by atoms with E-state index in [-0.39, 0.29) is 5.91 Å². The number of benzene rings is 1. The first-order valence-electron chi connectivity index (χ1n) is 7.85. The molecule has 1 aromatic heterocycles. The molecule has 2 aliphatic carbocycles. The number of halogens is 2. The maximum absolute atomic E-state index is 12.1. The van der Waals surface area contributed by atoms with Crippen molar-refractivity contribution >= 4 is 33.4 Å². The van der Waals surface area contributed by atoms with Gasteiger partial charge in [0.15, 0.2) is 0 Å². The summed E-state index contributed by atoms with van der Waals surface area (Å²) in [6.45, 7) is 0.770. The number of carbonyl (C=O) groups excluding carboxylic acids is 1. The van der Waals surface area contributed by atoms with Crippen LogP contribution in [0.3, 0.4) is 0 Å². The molecule has 23 heavy (non-hydrogen) atoms. The van der Waals surface area contributed by atoms with E-state index in [1.807, 2.05) is 12.4 Å². The van der Waals surface area contributed by atoms with Crippen molar-refractivity contribution in [3.05, 3.63) is 51.7 Å². The van der Waals surface area contributed by atoms with Crippen molar-refractivity contribution in [3.63, 3.8) is 0 Å². The summed E-state index contributed by atoms with van der Waals surface area (Å²) in [7, 11) is 0. The molecule has 0 bridgehead atoms. The van der Waals surface area contributed by atoms with Crippen LogP contribution in [0.2, 0.25) is 5.02 Å². The number of nitrogens with zero attached hydrogens (tertiary/aromatic N) is 2.